The van der Waals surface area contributed by atoms with E-state index in [2.05, 4.69) is 17.3 Å². The highest BCUT2D eigenvalue weighted by Gasteiger charge is 2.22. The summed E-state index contributed by atoms with van der Waals surface area (Å²) < 4.78 is 17.7. The van der Waals surface area contributed by atoms with Gasteiger partial charge in [0.05, 0.1) is 36.8 Å². The Hall–Kier alpha value is -4.03. The summed E-state index contributed by atoms with van der Waals surface area (Å²) in [6.07, 6.45) is 3.56. The van der Waals surface area contributed by atoms with E-state index >= 15 is 0 Å². The molecule has 0 saturated carbocycles. The van der Waals surface area contributed by atoms with Crippen molar-refractivity contribution in [1.29, 1.82) is 0 Å². The van der Waals surface area contributed by atoms with Crippen molar-refractivity contribution in [3.05, 3.63) is 77.4 Å². The summed E-state index contributed by atoms with van der Waals surface area (Å²) in [7, 11) is 5.27. The Bertz CT molecular complexity index is 1580. The van der Waals surface area contributed by atoms with E-state index in [1.807, 2.05) is 43.0 Å². The number of carbonyl (C=O) groups is 3. The standard InChI is InChI=1S/C38H51N5O6.2ClH/c1-27-14-17-32(35(25-27)48-24-10-6-7-13-36(44)43-22-20-41(3)21-23-43)42(4)38(46)29-15-16-31(34(26-29)47-5)40-37(45)30-11-8-9-12-33(30)49-28(2)18-19-39;;/h8-9,11-12,14-17,25-26,28H,6-7,10,13,18-24,39H2,1-5H3,(H,40,45);2*1H. The van der Waals surface area contributed by atoms with Gasteiger partial charge in [0.2, 0.25) is 5.91 Å². The molecule has 0 aliphatic carbocycles. The molecule has 13 heteroatoms. The zero-order valence-electron chi connectivity index (χ0n) is 30.3. The minimum absolute atomic E-state index is 0. The highest BCUT2D eigenvalue weighted by molar-refractivity contribution is 6.09. The molecule has 1 saturated heterocycles. The third-order valence-corrected chi connectivity index (χ3v) is 8.66. The number of nitrogens with two attached hydrogens (primary N) is 1. The Morgan fingerprint density at radius 3 is 2.35 bits per heavy atom. The molecule has 1 fully saturated rings. The second-order valence-electron chi connectivity index (χ2n) is 12.5. The van der Waals surface area contributed by atoms with Crippen LogP contribution in [-0.2, 0) is 4.79 Å². The number of halogens is 2. The van der Waals surface area contributed by atoms with Crippen LogP contribution >= 0.6 is 24.8 Å². The quantitative estimate of drug-likeness (QED) is 0.166. The summed E-state index contributed by atoms with van der Waals surface area (Å²) in [6.45, 7) is 8.29. The molecule has 51 heavy (non-hydrogen) atoms. The molecule has 280 valence electrons. The van der Waals surface area contributed by atoms with Crippen molar-refractivity contribution in [2.45, 2.75) is 52.1 Å². The first-order valence-electron chi connectivity index (χ1n) is 17.0. The zero-order chi connectivity index (χ0) is 35.3. The van der Waals surface area contributed by atoms with Crippen LogP contribution in [0.4, 0.5) is 11.4 Å². The first-order chi connectivity index (χ1) is 23.6. The highest BCUT2D eigenvalue weighted by Crippen LogP contribution is 2.32. The number of rotatable bonds is 16. The number of aryl methyl sites for hydroxylation is 1. The molecule has 1 atom stereocenters. The number of carbonyl (C=O) groups excluding carboxylic acids is 3. The molecule has 11 nitrogen and oxygen atoms in total. The van der Waals surface area contributed by atoms with Gasteiger partial charge >= 0.3 is 0 Å². The van der Waals surface area contributed by atoms with E-state index in [0.29, 0.717) is 65.7 Å². The Balaban J connectivity index is 0.00000451. The van der Waals surface area contributed by atoms with E-state index in [9.17, 15) is 14.4 Å². The highest BCUT2D eigenvalue weighted by atomic mass is 35.5. The predicted molar refractivity (Wildman–Crippen MR) is 208 cm³/mol. The van der Waals surface area contributed by atoms with Crippen LogP contribution in [0.3, 0.4) is 0 Å². The Labute approximate surface area is 314 Å². The minimum Gasteiger partial charge on any atom is -0.495 e. The van der Waals surface area contributed by atoms with Gasteiger partial charge in [-0.05, 0) is 101 Å². The van der Waals surface area contributed by atoms with E-state index in [-0.39, 0.29) is 48.6 Å². The number of nitrogens with zero attached hydrogens (tertiary/aromatic N) is 3. The van der Waals surface area contributed by atoms with E-state index < -0.39 is 0 Å². The molecule has 3 N–H and O–H groups in total. The van der Waals surface area contributed by atoms with E-state index in [1.165, 1.54) is 7.11 Å². The number of para-hydroxylation sites is 1. The number of ether oxygens (including phenoxy) is 3. The third-order valence-electron chi connectivity index (χ3n) is 8.66. The first-order valence-corrected chi connectivity index (χ1v) is 17.0. The van der Waals surface area contributed by atoms with Crippen molar-refractivity contribution in [3.63, 3.8) is 0 Å². The van der Waals surface area contributed by atoms with Crippen LogP contribution in [0.25, 0.3) is 0 Å². The van der Waals surface area contributed by atoms with Gasteiger partial charge in [-0.1, -0.05) is 18.2 Å². The number of hydrogen-bond acceptors (Lipinski definition) is 8. The molecule has 1 heterocycles. The summed E-state index contributed by atoms with van der Waals surface area (Å²) in [5.74, 6) is 1.01. The summed E-state index contributed by atoms with van der Waals surface area (Å²) >= 11 is 0. The van der Waals surface area contributed by atoms with Crippen LogP contribution in [-0.4, -0.2) is 94.2 Å². The molecule has 0 spiro atoms. The summed E-state index contributed by atoms with van der Waals surface area (Å²) in [5, 5.41) is 2.89. The molecule has 0 radical (unpaired) electrons. The number of nitrogens with one attached hydrogen (secondary N) is 1. The van der Waals surface area contributed by atoms with Gasteiger partial charge in [0.15, 0.2) is 0 Å². The van der Waals surface area contributed by atoms with Gasteiger partial charge in [0, 0.05) is 45.2 Å². The van der Waals surface area contributed by atoms with Gasteiger partial charge in [-0.3, -0.25) is 14.4 Å². The van der Waals surface area contributed by atoms with Crippen LogP contribution < -0.4 is 30.2 Å². The minimum atomic E-state index is -0.367. The topological polar surface area (TPSA) is 127 Å². The maximum absolute atomic E-state index is 13.7. The molecular weight excluding hydrogens is 693 g/mol. The van der Waals surface area contributed by atoms with Gasteiger partial charge in [-0.25, -0.2) is 0 Å². The number of piperazine rings is 1. The Morgan fingerprint density at radius 1 is 0.922 bits per heavy atom. The molecule has 1 aliphatic heterocycles. The molecule has 1 aliphatic rings. The van der Waals surface area contributed by atoms with Gasteiger partial charge in [0.1, 0.15) is 17.2 Å². The second kappa shape index (κ2) is 21.4. The molecule has 1 unspecified atom stereocenters. The molecule has 4 rings (SSSR count). The maximum Gasteiger partial charge on any atom is 0.259 e. The van der Waals surface area contributed by atoms with E-state index in [1.54, 1.807) is 48.3 Å². The van der Waals surface area contributed by atoms with Crippen LogP contribution in [0, 0.1) is 6.92 Å². The van der Waals surface area contributed by atoms with Crippen molar-refractivity contribution in [3.8, 4) is 17.2 Å². The predicted octanol–water partition coefficient (Wildman–Crippen LogP) is 6.21. The summed E-state index contributed by atoms with van der Waals surface area (Å²) in [5.41, 5.74) is 8.48. The van der Waals surface area contributed by atoms with Gasteiger partial charge in [-0.2, -0.15) is 0 Å². The van der Waals surface area contributed by atoms with Crippen molar-refractivity contribution in [2.24, 2.45) is 5.73 Å². The van der Waals surface area contributed by atoms with Crippen molar-refractivity contribution >= 4 is 53.9 Å². The second-order valence-corrected chi connectivity index (χ2v) is 12.5. The first kappa shape index (κ1) is 43.1. The fourth-order valence-electron chi connectivity index (χ4n) is 5.65. The van der Waals surface area contributed by atoms with Gasteiger partial charge < -0.3 is 40.0 Å². The normalized spacial score (nSPS) is 13.3. The zero-order valence-corrected chi connectivity index (χ0v) is 31.9. The SMILES string of the molecule is COc1cc(C(=O)N(C)c2ccc(C)cc2OCCCCCC(=O)N2CCN(C)CC2)ccc1NC(=O)c1ccccc1OC(C)CCN.Cl.Cl. The van der Waals surface area contributed by atoms with Crippen molar-refractivity contribution in [1.82, 2.24) is 9.80 Å². The largest absolute Gasteiger partial charge is 0.495 e. The average Bonchev–Trinajstić information content (AvgIpc) is 3.09. The number of likely N-dealkylation sites (N-methyl/N-ethyl adjacent to an activating group) is 1. The Morgan fingerprint density at radius 2 is 1.65 bits per heavy atom. The van der Waals surface area contributed by atoms with Gasteiger partial charge in [0.25, 0.3) is 11.8 Å². The number of methoxy groups -OCH3 is 1. The molecule has 3 aromatic rings. The maximum atomic E-state index is 13.7. The average molecular weight is 747 g/mol. The lowest BCUT2D eigenvalue weighted by molar-refractivity contribution is -0.132. The fourth-order valence-corrected chi connectivity index (χ4v) is 5.65. The molecule has 0 aromatic heterocycles. The lowest BCUT2D eigenvalue weighted by Gasteiger charge is -2.32. The van der Waals surface area contributed by atoms with E-state index in [0.717, 1.165) is 51.0 Å². The van der Waals surface area contributed by atoms with Crippen molar-refractivity contribution in [2.75, 3.05) is 70.8 Å². The lowest BCUT2D eigenvalue weighted by atomic mass is 10.1. The van der Waals surface area contributed by atoms with Crippen molar-refractivity contribution < 1.29 is 28.6 Å². The third kappa shape index (κ3) is 12.3. The number of hydrogen-bond donors (Lipinski definition) is 2. The Kier molecular flexibility index (Phi) is 18.1. The number of amides is 3. The smallest absolute Gasteiger partial charge is 0.259 e. The molecule has 3 amide bonds. The van der Waals surface area contributed by atoms with Crippen LogP contribution in [0.1, 0.15) is 65.3 Å². The number of unbranched alkanes of at least 4 members (excludes halogenated alkanes) is 2. The summed E-state index contributed by atoms with van der Waals surface area (Å²) in [4.78, 5) is 45.3. The lowest BCUT2D eigenvalue weighted by Crippen LogP contribution is -2.47. The molecular formula is C38H53Cl2N5O6. The molecule has 0 bridgehead atoms. The van der Waals surface area contributed by atoms with Gasteiger partial charge in [-0.15, -0.1) is 24.8 Å². The van der Waals surface area contributed by atoms with Crippen LogP contribution in [0.2, 0.25) is 0 Å². The van der Waals surface area contributed by atoms with Crippen LogP contribution in [0.5, 0.6) is 17.2 Å². The van der Waals surface area contributed by atoms with E-state index in [4.69, 9.17) is 19.9 Å². The number of anilines is 2. The summed E-state index contributed by atoms with van der Waals surface area (Å²) in [6, 6.07) is 17.7. The fraction of sp³-hybridized carbons (Fsp3) is 0.447. The molecule has 3 aromatic carbocycles. The number of benzene rings is 3. The van der Waals surface area contributed by atoms with Crippen LogP contribution in [0.15, 0.2) is 60.7 Å². The monoisotopic (exact) mass is 745 g/mol.